The molecule has 1 aromatic carbocycles. The lowest BCUT2D eigenvalue weighted by Gasteiger charge is -2.34. The van der Waals surface area contributed by atoms with Crippen LogP contribution in [-0.4, -0.2) is 86.8 Å². The molecule has 2 heterocycles. The number of halogens is 1. The highest BCUT2D eigenvalue weighted by atomic mass is 35.5. The van der Waals surface area contributed by atoms with Crippen molar-refractivity contribution in [3.8, 4) is 5.75 Å². The molecule has 0 atom stereocenters. The van der Waals surface area contributed by atoms with Crippen LogP contribution < -0.4 is 10.1 Å². The minimum Gasteiger partial charge on any atom is -0.482 e. The number of nitrogens with zero attached hydrogens (tertiary/aromatic N) is 3. The minimum atomic E-state index is -3.83. The molecule has 0 radical (unpaired) electrons. The molecule has 0 aliphatic carbocycles. The van der Waals surface area contributed by atoms with Crippen molar-refractivity contribution in [1.29, 1.82) is 0 Å². The minimum absolute atomic E-state index is 0.0219. The summed E-state index contributed by atoms with van der Waals surface area (Å²) in [5.41, 5.74) is 0.352. The molecule has 2 amide bonds. The van der Waals surface area contributed by atoms with E-state index in [4.69, 9.17) is 16.3 Å². The number of fused-ring (bicyclic) bond motifs is 1. The average molecular weight is 445 g/mol. The lowest BCUT2D eigenvalue weighted by atomic mass is 10.2. The predicted octanol–water partition coefficient (Wildman–Crippen LogP) is 0.846. The summed E-state index contributed by atoms with van der Waals surface area (Å²) in [6.45, 7) is 6.73. The van der Waals surface area contributed by atoms with Crippen LogP contribution in [0.3, 0.4) is 0 Å². The molecule has 2 aliphatic heterocycles. The number of ether oxygens (including phenoxy) is 1. The third kappa shape index (κ3) is 4.66. The molecule has 1 fully saturated rings. The Labute approximate surface area is 175 Å². The first kappa shape index (κ1) is 21.8. The van der Waals surface area contributed by atoms with Gasteiger partial charge in [0.05, 0.1) is 17.3 Å². The number of hydrogen-bond donors (Lipinski definition) is 1. The van der Waals surface area contributed by atoms with Gasteiger partial charge in [0.15, 0.2) is 6.61 Å². The number of benzene rings is 1. The van der Waals surface area contributed by atoms with Gasteiger partial charge in [-0.2, -0.15) is 4.31 Å². The van der Waals surface area contributed by atoms with Crippen LogP contribution in [0, 0.1) is 0 Å². The zero-order chi connectivity index (χ0) is 21.2. The van der Waals surface area contributed by atoms with E-state index in [1.165, 1.54) is 16.4 Å². The number of rotatable bonds is 6. The SMILES string of the molecule is CCN(CC)C(=O)CN1CCN(S(=O)(=O)c2cc3c(cc2Cl)NC(=O)CO3)CC1. The van der Waals surface area contributed by atoms with Crippen molar-refractivity contribution >= 4 is 39.1 Å². The fraction of sp³-hybridized carbons (Fsp3) is 0.556. The highest BCUT2D eigenvalue weighted by Crippen LogP contribution is 2.36. The van der Waals surface area contributed by atoms with Crippen molar-refractivity contribution in [2.24, 2.45) is 0 Å². The summed E-state index contributed by atoms with van der Waals surface area (Å²) in [6, 6.07) is 2.74. The molecule has 3 rings (SSSR count). The van der Waals surface area contributed by atoms with Gasteiger partial charge in [0, 0.05) is 45.3 Å². The molecule has 0 aromatic heterocycles. The zero-order valence-electron chi connectivity index (χ0n) is 16.5. The number of carbonyl (C=O) groups excluding carboxylic acids is 2. The Morgan fingerprint density at radius 2 is 1.86 bits per heavy atom. The van der Waals surface area contributed by atoms with Gasteiger partial charge in [0.1, 0.15) is 10.6 Å². The fourth-order valence-electron chi connectivity index (χ4n) is 3.41. The summed E-state index contributed by atoms with van der Waals surface area (Å²) in [5.74, 6) is -0.00109. The van der Waals surface area contributed by atoms with Crippen LogP contribution in [0.4, 0.5) is 5.69 Å². The fourth-order valence-corrected chi connectivity index (χ4v) is 5.35. The Morgan fingerprint density at radius 1 is 1.21 bits per heavy atom. The second-order valence-electron chi connectivity index (χ2n) is 6.86. The molecule has 0 unspecified atom stereocenters. The van der Waals surface area contributed by atoms with E-state index >= 15 is 0 Å². The number of likely N-dealkylation sites (N-methyl/N-ethyl adjacent to an activating group) is 1. The molecule has 9 nitrogen and oxygen atoms in total. The Kier molecular flexibility index (Phi) is 6.67. The van der Waals surface area contributed by atoms with Crippen molar-refractivity contribution in [2.75, 3.05) is 57.7 Å². The van der Waals surface area contributed by atoms with Crippen molar-refractivity contribution < 1.29 is 22.7 Å². The van der Waals surface area contributed by atoms with E-state index in [0.717, 1.165) is 0 Å². The summed E-state index contributed by atoms with van der Waals surface area (Å²) in [7, 11) is -3.83. The number of hydrogen-bond acceptors (Lipinski definition) is 6. The van der Waals surface area contributed by atoms with Gasteiger partial charge in [-0.05, 0) is 19.9 Å². The van der Waals surface area contributed by atoms with E-state index < -0.39 is 10.0 Å². The average Bonchev–Trinajstić information content (AvgIpc) is 2.68. The number of nitrogens with one attached hydrogen (secondary N) is 1. The van der Waals surface area contributed by atoms with Gasteiger partial charge in [-0.3, -0.25) is 14.5 Å². The normalized spacial score (nSPS) is 18.0. The Bertz CT molecular complexity index is 896. The highest BCUT2D eigenvalue weighted by Gasteiger charge is 2.32. The van der Waals surface area contributed by atoms with Gasteiger partial charge in [-0.25, -0.2) is 8.42 Å². The van der Waals surface area contributed by atoms with Crippen molar-refractivity contribution in [1.82, 2.24) is 14.1 Å². The monoisotopic (exact) mass is 444 g/mol. The first-order chi connectivity index (χ1) is 13.8. The first-order valence-electron chi connectivity index (χ1n) is 9.52. The number of anilines is 1. The van der Waals surface area contributed by atoms with Gasteiger partial charge in [0.25, 0.3) is 5.91 Å². The van der Waals surface area contributed by atoms with Gasteiger partial charge in [-0.15, -0.1) is 0 Å². The van der Waals surface area contributed by atoms with Gasteiger partial charge in [-0.1, -0.05) is 11.6 Å². The summed E-state index contributed by atoms with van der Waals surface area (Å²) < 4.78 is 32.9. The maximum Gasteiger partial charge on any atom is 0.262 e. The molecule has 160 valence electrons. The third-order valence-electron chi connectivity index (χ3n) is 5.09. The summed E-state index contributed by atoms with van der Waals surface area (Å²) in [6.07, 6.45) is 0. The zero-order valence-corrected chi connectivity index (χ0v) is 18.1. The number of carbonyl (C=O) groups is 2. The largest absolute Gasteiger partial charge is 0.482 e. The van der Waals surface area contributed by atoms with E-state index in [2.05, 4.69) is 5.32 Å². The van der Waals surface area contributed by atoms with E-state index in [9.17, 15) is 18.0 Å². The molecular weight excluding hydrogens is 420 g/mol. The molecule has 1 saturated heterocycles. The maximum atomic E-state index is 13.1. The van der Waals surface area contributed by atoms with Crippen LogP contribution in [0.5, 0.6) is 5.75 Å². The van der Waals surface area contributed by atoms with E-state index in [-0.39, 0.29) is 53.7 Å². The number of amides is 2. The Morgan fingerprint density at radius 3 is 2.48 bits per heavy atom. The van der Waals surface area contributed by atoms with E-state index in [1.807, 2.05) is 18.7 Å². The van der Waals surface area contributed by atoms with Crippen LogP contribution >= 0.6 is 11.6 Å². The standard InChI is InChI=1S/C18H25ClN4O5S/c1-3-22(4-2)18(25)11-21-5-7-23(8-6-21)29(26,27)16-10-15-14(9-13(16)19)20-17(24)12-28-15/h9-10H,3-8,11-12H2,1-2H3,(H,20,24). The molecule has 1 aromatic rings. The predicted molar refractivity (Wildman–Crippen MR) is 109 cm³/mol. The topological polar surface area (TPSA) is 99.3 Å². The third-order valence-corrected chi connectivity index (χ3v) is 7.45. The van der Waals surface area contributed by atoms with Gasteiger partial charge in [0.2, 0.25) is 15.9 Å². The molecular formula is C18H25ClN4O5S. The number of sulfonamides is 1. The molecule has 11 heteroatoms. The smallest absolute Gasteiger partial charge is 0.262 e. The quantitative estimate of drug-likeness (QED) is 0.698. The van der Waals surface area contributed by atoms with E-state index in [0.29, 0.717) is 31.9 Å². The second kappa shape index (κ2) is 8.86. The summed E-state index contributed by atoms with van der Waals surface area (Å²) >= 11 is 6.20. The van der Waals surface area contributed by atoms with Crippen LogP contribution in [0.15, 0.2) is 17.0 Å². The van der Waals surface area contributed by atoms with Crippen LogP contribution in [0.1, 0.15) is 13.8 Å². The van der Waals surface area contributed by atoms with E-state index in [1.54, 1.807) is 4.90 Å². The lowest BCUT2D eigenvalue weighted by Crippen LogP contribution is -2.51. The Balaban J connectivity index is 1.69. The first-order valence-corrected chi connectivity index (χ1v) is 11.3. The maximum absolute atomic E-state index is 13.1. The highest BCUT2D eigenvalue weighted by molar-refractivity contribution is 7.89. The molecule has 0 spiro atoms. The van der Waals surface area contributed by atoms with Crippen molar-refractivity contribution in [3.05, 3.63) is 17.2 Å². The van der Waals surface area contributed by atoms with Crippen molar-refractivity contribution in [2.45, 2.75) is 18.7 Å². The molecule has 2 aliphatic rings. The number of piperazine rings is 1. The Hall–Kier alpha value is -1.88. The lowest BCUT2D eigenvalue weighted by molar-refractivity contribution is -0.132. The molecule has 1 N–H and O–H groups in total. The summed E-state index contributed by atoms with van der Waals surface area (Å²) in [5, 5.41) is 2.62. The second-order valence-corrected chi connectivity index (χ2v) is 9.18. The van der Waals surface area contributed by atoms with Crippen LogP contribution in [0.2, 0.25) is 5.02 Å². The van der Waals surface area contributed by atoms with Crippen LogP contribution in [0.25, 0.3) is 0 Å². The summed E-state index contributed by atoms with van der Waals surface area (Å²) in [4.78, 5) is 27.3. The molecule has 0 saturated carbocycles. The molecule has 29 heavy (non-hydrogen) atoms. The van der Waals surface area contributed by atoms with Gasteiger partial charge >= 0.3 is 0 Å². The molecule has 0 bridgehead atoms. The van der Waals surface area contributed by atoms with Gasteiger partial charge < -0.3 is 15.0 Å². The van der Waals surface area contributed by atoms with Crippen LogP contribution in [-0.2, 0) is 19.6 Å². The van der Waals surface area contributed by atoms with Crippen molar-refractivity contribution in [3.63, 3.8) is 0 Å².